The second-order valence-electron chi connectivity index (χ2n) is 3.80. The van der Waals surface area contributed by atoms with Crippen LogP contribution >= 0.6 is 0 Å². The van der Waals surface area contributed by atoms with Gasteiger partial charge in [0.15, 0.2) is 5.69 Å². The summed E-state index contributed by atoms with van der Waals surface area (Å²) < 4.78 is 0. The Morgan fingerprint density at radius 3 is 2.65 bits per heavy atom. The molecule has 0 unspecified atom stereocenters. The average molecular weight is 236 g/mol. The Bertz CT molecular complexity index is 445. The summed E-state index contributed by atoms with van der Waals surface area (Å²) in [6, 6.07) is 0. The summed E-state index contributed by atoms with van der Waals surface area (Å²) >= 11 is 0. The van der Waals surface area contributed by atoms with Gasteiger partial charge in [0, 0.05) is 20.1 Å². The van der Waals surface area contributed by atoms with Crippen LogP contribution in [0.3, 0.4) is 0 Å². The largest absolute Gasteiger partial charge is 0.476 e. The summed E-state index contributed by atoms with van der Waals surface area (Å²) in [7, 11) is 1.75. The number of anilines is 1. The van der Waals surface area contributed by atoms with Crippen molar-refractivity contribution in [3.8, 4) is 0 Å². The first-order chi connectivity index (χ1) is 8.08. The second kappa shape index (κ2) is 4.36. The maximum absolute atomic E-state index is 11.5. The molecule has 0 radical (unpaired) electrons. The van der Waals surface area contributed by atoms with Crippen molar-refractivity contribution >= 4 is 17.7 Å². The van der Waals surface area contributed by atoms with E-state index in [2.05, 4.69) is 9.97 Å². The van der Waals surface area contributed by atoms with Gasteiger partial charge in [-0.25, -0.2) is 14.8 Å². The average Bonchev–Trinajstić information content (AvgIpc) is 2.33. The summed E-state index contributed by atoms with van der Waals surface area (Å²) in [5.41, 5.74) is -0.103. The lowest BCUT2D eigenvalue weighted by molar-refractivity contribution is -0.129. The van der Waals surface area contributed by atoms with Crippen LogP contribution < -0.4 is 4.90 Å². The Morgan fingerprint density at radius 2 is 2.12 bits per heavy atom. The molecule has 17 heavy (non-hydrogen) atoms. The number of carboxylic acids is 1. The zero-order valence-electron chi connectivity index (χ0n) is 9.33. The van der Waals surface area contributed by atoms with E-state index < -0.39 is 5.97 Å². The van der Waals surface area contributed by atoms with Crippen LogP contribution in [0.1, 0.15) is 10.5 Å². The molecule has 1 aliphatic rings. The molecule has 1 aliphatic heterocycles. The third-order valence-corrected chi connectivity index (χ3v) is 2.64. The predicted octanol–water partition coefficient (Wildman–Crippen LogP) is -0.547. The molecule has 0 saturated carbocycles. The lowest BCUT2D eigenvalue weighted by Crippen LogP contribution is -2.48. The molecule has 0 spiro atoms. The van der Waals surface area contributed by atoms with Crippen LogP contribution in [-0.2, 0) is 4.79 Å². The van der Waals surface area contributed by atoms with Crippen molar-refractivity contribution in [2.24, 2.45) is 0 Å². The van der Waals surface area contributed by atoms with Gasteiger partial charge in [0.1, 0.15) is 5.82 Å². The summed E-state index contributed by atoms with van der Waals surface area (Å²) in [6.07, 6.45) is 2.57. The quantitative estimate of drug-likeness (QED) is 0.741. The monoisotopic (exact) mass is 236 g/mol. The van der Waals surface area contributed by atoms with Crippen molar-refractivity contribution < 1.29 is 14.7 Å². The number of piperazine rings is 1. The zero-order chi connectivity index (χ0) is 12.4. The van der Waals surface area contributed by atoms with Crippen LogP contribution in [0.5, 0.6) is 0 Å². The Labute approximate surface area is 97.7 Å². The zero-order valence-corrected chi connectivity index (χ0v) is 9.33. The molecule has 1 amide bonds. The highest BCUT2D eigenvalue weighted by atomic mass is 16.4. The third-order valence-electron chi connectivity index (χ3n) is 2.64. The number of carboxylic acid groups (broad SMARTS) is 1. The SMILES string of the molecule is CN1CCN(c2cnc(C(=O)O)cn2)CC1=O. The lowest BCUT2D eigenvalue weighted by Gasteiger charge is -2.32. The molecule has 1 aromatic rings. The molecule has 0 bridgehead atoms. The van der Waals surface area contributed by atoms with Gasteiger partial charge >= 0.3 is 5.97 Å². The molecule has 7 heteroatoms. The van der Waals surface area contributed by atoms with Crippen LogP contribution in [-0.4, -0.2) is 58.5 Å². The fourth-order valence-corrected chi connectivity index (χ4v) is 1.55. The van der Waals surface area contributed by atoms with Gasteiger partial charge in [0.05, 0.1) is 18.9 Å². The molecular formula is C10H12N4O3. The molecule has 0 aliphatic carbocycles. The van der Waals surface area contributed by atoms with Gasteiger partial charge in [-0.15, -0.1) is 0 Å². The molecule has 7 nitrogen and oxygen atoms in total. The Balaban J connectivity index is 2.13. The minimum atomic E-state index is -1.11. The summed E-state index contributed by atoms with van der Waals surface area (Å²) in [6.45, 7) is 1.54. The van der Waals surface area contributed by atoms with Crippen molar-refractivity contribution in [3.63, 3.8) is 0 Å². The van der Waals surface area contributed by atoms with E-state index >= 15 is 0 Å². The Hall–Kier alpha value is -2.18. The van der Waals surface area contributed by atoms with E-state index in [1.165, 1.54) is 12.4 Å². The minimum absolute atomic E-state index is 0.0142. The molecule has 1 fully saturated rings. The van der Waals surface area contributed by atoms with E-state index in [1.54, 1.807) is 16.8 Å². The van der Waals surface area contributed by atoms with E-state index in [0.29, 0.717) is 18.9 Å². The van der Waals surface area contributed by atoms with E-state index in [-0.39, 0.29) is 18.1 Å². The van der Waals surface area contributed by atoms with Gasteiger partial charge in [-0.1, -0.05) is 0 Å². The molecule has 0 aromatic carbocycles. The first kappa shape index (κ1) is 11.3. The molecule has 2 rings (SSSR count). The highest BCUT2D eigenvalue weighted by Crippen LogP contribution is 2.12. The normalized spacial score (nSPS) is 16.2. The van der Waals surface area contributed by atoms with Gasteiger partial charge in [-0.2, -0.15) is 0 Å². The number of likely N-dealkylation sites (N-methyl/N-ethyl adjacent to an activating group) is 1. The summed E-state index contributed by atoms with van der Waals surface area (Å²) in [5, 5.41) is 8.69. The number of nitrogens with zero attached hydrogens (tertiary/aromatic N) is 4. The van der Waals surface area contributed by atoms with Gasteiger partial charge < -0.3 is 14.9 Å². The highest BCUT2D eigenvalue weighted by molar-refractivity contribution is 5.85. The fourth-order valence-electron chi connectivity index (χ4n) is 1.55. The van der Waals surface area contributed by atoms with Crippen molar-refractivity contribution in [3.05, 3.63) is 18.1 Å². The van der Waals surface area contributed by atoms with E-state index in [4.69, 9.17) is 5.11 Å². The van der Waals surface area contributed by atoms with E-state index in [1.807, 2.05) is 0 Å². The number of amides is 1. The number of aromatic carboxylic acids is 1. The van der Waals surface area contributed by atoms with Gasteiger partial charge in [-0.3, -0.25) is 4.79 Å². The van der Waals surface area contributed by atoms with Crippen molar-refractivity contribution in [1.29, 1.82) is 0 Å². The Morgan fingerprint density at radius 1 is 1.35 bits per heavy atom. The van der Waals surface area contributed by atoms with Crippen LogP contribution in [0.2, 0.25) is 0 Å². The van der Waals surface area contributed by atoms with Gasteiger partial charge in [0.25, 0.3) is 0 Å². The number of aromatic nitrogens is 2. The number of rotatable bonds is 2. The van der Waals surface area contributed by atoms with E-state index in [0.717, 1.165) is 0 Å². The molecule has 1 saturated heterocycles. The number of carbonyl (C=O) groups is 2. The predicted molar refractivity (Wildman–Crippen MR) is 58.8 cm³/mol. The van der Waals surface area contributed by atoms with Crippen LogP contribution in [0, 0.1) is 0 Å². The summed E-state index contributed by atoms with van der Waals surface area (Å²) in [5.74, 6) is -0.574. The third kappa shape index (κ3) is 2.32. The number of carbonyl (C=O) groups excluding carboxylic acids is 1. The fraction of sp³-hybridized carbons (Fsp3) is 0.400. The van der Waals surface area contributed by atoms with Crippen molar-refractivity contribution in [2.45, 2.75) is 0 Å². The van der Waals surface area contributed by atoms with Crippen LogP contribution in [0.25, 0.3) is 0 Å². The molecular weight excluding hydrogens is 224 g/mol. The highest BCUT2D eigenvalue weighted by Gasteiger charge is 2.22. The lowest BCUT2D eigenvalue weighted by atomic mass is 10.3. The van der Waals surface area contributed by atoms with Crippen LogP contribution in [0.4, 0.5) is 5.82 Å². The molecule has 1 N–H and O–H groups in total. The first-order valence-corrected chi connectivity index (χ1v) is 5.12. The Kier molecular flexibility index (Phi) is 2.90. The van der Waals surface area contributed by atoms with Gasteiger partial charge in [-0.05, 0) is 0 Å². The van der Waals surface area contributed by atoms with Crippen molar-refractivity contribution in [2.75, 3.05) is 31.6 Å². The van der Waals surface area contributed by atoms with Crippen LogP contribution in [0.15, 0.2) is 12.4 Å². The number of hydrogen-bond donors (Lipinski definition) is 1. The van der Waals surface area contributed by atoms with Crippen molar-refractivity contribution in [1.82, 2.24) is 14.9 Å². The maximum Gasteiger partial charge on any atom is 0.356 e. The topological polar surface area (TPSA) is 86.6 Å². The summed E-state index contributed by atoms with van der Waals surface area (Å²) in [4.78, 5) is 33.3. The first-order valence-electron chi connectivity index (χ1n) is 5.12. The van der Waals surface area contributed by atoms with Gasteiger partial charge in [0.2, 0.25) is 5.91 Å². The molecule has 1 aromatic heterocycles. The standard InChI is InChI=1S/C10H12N4O3/c1-13-2-3-14(6-9(13)15)8-5-11-7(4-12-8)10(16)17/h4-5H,2-3,6H2,1H3,(H,16,17). The maximum atomic E-state index is 11.5. The smallest absolute Gasteiger partial charge is 0.356 e. The molecule has 2 heterocycles. The molecule has 90 valence electrons. The minimum Gasteiger partial charge on any atom is -0.476 e. The molecule has 0 atom stereocenters. The van der Waals surface area contributed by atoms with E-state index in [9.17, 15) is 9.59 Å². The second-order valence-corrected chi connectivity index (χ2v) is 3.80. The number of hydrogen-bond acceptors (Lipinski definition) is 5.